The Balaban J connectivity index is 2.18. The Morgan fingerprint density at radius 1 is 1.22 bits per heavy atom. The molecule has 7 heteroatoms. The fraction of sp³-hybridized carbons (Fsp3) is 0.636. The van der Waals surface area contributed by atoms with Crippen LogP contribution in [0.2, 0.25) is 5.28 Å². The van der Waals surface area contributed by atoms with Crippen LogP contribution >= 0.6 is 11.6 Å². The lowest BCUT2D eigenvalue weighted by molar-refractivity contribution is 0.294. The second-order valence-corrected chi connectivity index (χ2v) is 6.94. The fourth-order valence-electron chi connectivity index (χ4n) is 2.26. The van der Waals surface area contributed by atoms with Crippen LogP contribution < -0.4 is 4.72 Å². The van der Waals surface area contributed by atoms with Gasteiger partial charge in [-0.3, -0.25) is 0 Å². The smallest absolute Gasteiger partial charge is 0.225 e. The minimum Gasteiger partial charge on any atom is -0.225 e. The molecule has 0 unspecified atom stereocenters. The van der Waals surface area contributed by atoms with E-state index in [2.05, 4.69) is 14.7 Å². The van der Waals surface area contributed by atoms with Crippen molar-refractivity contribution in [2.75, 3.05) is 0 Å². The summed E-state index contributed by atoms with van der Waals surface area (Å²) >= 11 is 5.54. The van der Waals surface area contributed by atoms with Crippen molar-refractivity contribution in [3.8, 4) is 0 Å². The van der Waals surface area contributed by atoms with E-state index in [9.17, 15) is 8.42 Å². The molecule has 1 fully saturated rings. The standard InChI is InChI=1S/C11H16ClN3O2S/c1-11(5-3-2-4-6-11)15-18(16,17)9-7-13-10(12)14-8-9/h7-8,15H,2-6H2,1H3. The molecule has 0 aromatic carbocycles. The van der Waals surface area contributed by atoms with Gasteiger partial charge in [0, 0.05) is 5.54 Å². The quantitative estimate of drug-likeness (QED) is 0.865. The normalized spacial score (nSPS) is 19.7. The molecule has 1 aromatic heterocycles. The maximum Gasteiger partial charge on any atom is 0.244 e. The molecule has 0 radical (unpaired) electrons. The highest BCUT2D eigenvalue weighted by atomic mass is 35.5. The Kier molecular flexibility index (Phi) is 3.89. The van der Waals surface area contributed by atoms with Gasteiger partial charge in [0.15, 0.2) is 0 Å². The summed E-state index contributed by atoms with van der Waals surface area (Å²) in [5.74, 6) is 0. The number of rotatable bonds is 3. The molecule has 1 heterocycles. The van der Waals surface area contributed by atoms with Crippen molar-refractivity contribution >= 4 is 21.6 Å². The first-order valence-electron chi connectivity index (χ1n) is 5.93. The van der Waals surface area contributed by atoms with E-state index in [1.165, 1.54) is 18.8 Å². The molecule has 0 amide bonds. The molecule has 18 heavy (non-hydrogen) atoms. The third-order valence-electron chi connectivity index (χ3n) is 3.24. The maximum absolute atomic E-state index is 12.2. The maximum atomic E-state index is 12.2. The lowest BCUT2D eigenvalue weighted by Gasteiger charge is -2.33. The fourth-order valence-corrected chi connectivity index (χ4v) is 3.71. The first kappa shape index (κ1) is 13.7. The summed E-state index contributed by atoms with van der Waals surface area (Å²) in [5.41, 5.74) is -0.364. The zero-order chi connectivity index (χ0) is 13.2. The molecule has 1 aromatic rings. The van der Waals surface area contributed by atoms with Crippen LogP contribution in [0.15, 0.2) is 17.3 Å². The Labute approximate surface area is 112 Å². The Bertz CT molecular complexity index is 510. The van der Waals surface area contributed by atoms with Crippen LogP contribution in [0.4, 0.5) is 0 Å². The van der Waals surface area contributed by atoms with Crippen LogP contribution in [-0.4, -0.2) is 23.9 Å². The summed E-state index contributed by atoms with van der Waals surface area (Å²) < 4.78 is 27.1. The number of nitrogens with zero attached hydrogens (tertiary/aromatic N) is 2. The van der Waals surface area contributed by atoms with Crippen LogP contribution in [0.5, 0.6) is 0 Å². The van der Waals surface area contributed by atoms with Crippen LogP contribution in [-0.2, 0) is 10.0 Å². The molecule has 1 aliphatic carbocycles. The molecule has 5 nitrogen and oxygen atoms in total. The second kappa shape index (κ2) is 5.11. The van der Waals surface area contributed by atoms with E-state index < -0.39 is 10.0 Å². The van der Waals surface area contributed by atoms with E-state index in [4.69, 9.17) is 11.6 Å². The molecule has 0 bridgehead atoms. The Hall–Kier alpha value is -0.720. The highest BCUT2D eigenvalue weighted by Crippen LogP contribution is 2.29. The van der Waals surface area contributed by atoms with E-state index >= 15 is 0 Å². The summed E-state index contributed by atoms with van der Waals surface area (Å²) in [6.45, 7) is 1.94. The van der Waals surface area contributed by atoms with Crippen molar-refractivity contribution in [3.63, 3.8) is 0 Å². The molecule has 100 valence electrons. The lowest BCUT2D eigenvalue weighted by atomic mass is 9.84. The van der Waals surface area contributed by atoms with E-state index in [1.54, 1.807) is 0 Å². The van der Waals surface area contributed by atoms with Gasteiger partial charge < -0.3 is 0 Å². The van der Waals surface area contributed by atoms with Gasteiger partial charge in [0.2, 0.25) is 15.3 Å². The van der Waals surface area contributed by atoms with Crippen LogP contribution in [0.25, 0.3) is 0 Å². The minimum absolute atomic E-state index is 0.0397. The molecule has 0 saturated heterocycles. The molecular weight excluding hydrogens is 274 g/mol. The molecule has 1 N–H and O–H groups in total. The number of hydrogen-bond acceptors (Lipinski definition) is 4. The van der Waals surface area contributed by atoms with Crippen molar-refractivity contribution in [2.45, 2.75) is 49.5 Å². The largest absolute Gasteiger partial charge is 0.244 e. The highest BCUT2D eigenvalue weighted by molar-refractivity contribution is 7.89. The first-order valence-corrected chi connectivity index (χ1v) is 7.79. The molecule has 1 saturated carbocycles. The summed E-state index contributed by atoms with van der Waals surface area (Å²) in [7, 11) is -3.57. The van der Waals surface area contributed by atoms with Crippen molar-refractivity contribution in [1.82, 2.24) is 14.7 Å². The van der Waals surface area contributed by atoms with Gasteiger partial charge in [0.05, 0.1) is 12.4 Å². The van der Waals surface area contributed by atoms with Gasteiger partial charge in [-0.05, 0) is 31.4 Å². The number of aromatic nitrogens is 2. The van der Waals surface area contributed by atoms with Gasteiger partial charge >= 0.3 is 0 Å². The van der Waals surface area contributed by atoms with Gasteiger partial charge in [0.1, 0.15) is 4.90 Å². The molecule has 0 aliphatic heterocycles. The zero-order valence-corrected chi connectivity index (χ0v) is 11.8. The van der Waals surface area contributed by atoms with Crippen molar-refractivity contribution in [3.05, 3.63) is 17.7 Å². The number of hydrogen-bond donors (Lipinski definition) is 1. The van der Waals surface area contributed by atoms with E-state index in [0.717, 1.165) is 25.7 Å². The monoisotopic (exact) mass is 289 g/mol. The summed E-state index contributed by atoms with van der Waals surface area (Å²) in [6, 6.07) is 0. The summed E-state index contributed by atoms with van der Waals surface area (Å²) in [4.78, 5) is 7.45. The molecule has 0 atom stereocenters. The average molecular weight is 290 g/mol. The molecule has 2 rings (SSSR count). The first-order chi connectivity index (χ1) is 8.41. The van der Waals surface area contributed by atoms with E-state index in [1.807, 2.05) is 6.92 Å². The SMILES string of the molecule is CC1(NS(=O)(=O)c2cnc(Cl)nc2)CCCCC1. The predicted molar refractivity (Wildman–Crippen MR) is 68.9 cm³/mol. The van der Waals surface area contributed by atoms with Gasteiger partial charge in [-0.1, -0.05) is 19.3 Å². The summed E-state index contributed by atoms with van der Waals surface area (Å²) in [5, 5.41) is 0.0397. The zero-order valence-electron chi connectivity index (χ0n) is 10.2. The van der Waals surface area contributed by atoms with Crippen LogP contribution in [0.1, 0.15) is 39.0 Å². The van der Waals surface area contributed by atoms with E-state index in [0.29, 0.717) is 0 Å². The molecule has 0 spiro atoms. The van der Waals surface area contributed by atoms with Crippen LogP contribution in [0.3, 0.4) is 0 Å². The molecule has 1 aliphatic rings. The second-order valence-electron chi connectivity index (χ2n) is 4.91. The van der Waals surface area contributed by atoms with Gasteiger partial charge in [-0.2, -0.15) is 0 Å². The Morgan fingerprint density at radius 2 is 1.78 bits per heavy atom. The van der Waals surface area contributed by atoms with Gasteiger partial charge in [0.25, 0.3) is 0 Å². The third-order valence-corrected chi connectivity index (χ3v) is 5.03. The van der Waals surface area contributed by atoms with Crippen LogP contribution in [0, 0.1) is 0 Å². The third kappa shape index (κ3) is 3.18. The Morgan fingerprint density at radius 3 is 2.33 bits per heavy atom. The lowest BCUT2D eigenvalue weighted by Crippen LogP contribution is -2.47. The number of sulfonamides is 1. The van der Waals surface area contributed by atoms with E-state index in [-0.39, 0.29) is 15.7 Å². The molecular formula is C11H16ClN3O2S. The highest BCUT2D eigenvalue weighted by Gasteiger charge is 2.32. The average Bonchev–Trinajstić information content (AvgIpc) is 2.29. The van der Waals surface area contributed by atoms with Crippen molar-refractivity contribution in [1.29, 1.82) is 0 Å². The van der Waals surface area contributed by atoms with Crippen molar-refractivity contribution in [2.24, 2.45) is 0 Å². The van der Waals surface area contributed by atoms with Gasteiger partial charge in [-0.25, -0.2) is 23.1 Å². The number of nitrogens with one attached hydrogen (secondary N) is 1. The minimum atomic E-state index is -3.57. The predicted octanol–water partition coefficient (Wildman–Crippen LogP) is 2.13. The van der Waals surface area contributed by atoms with Crippen molar-refractivity contribution < 1.29 is 8.42 Å². The summed E-state index contributed by atoms with van der Waals surface area (Å²) in [6.07, 6.45) is 7.45. The number of halogens is 1. The van der Waals surface area contributed by atoms with Gasteiger partial charge in [-0.15, -0.1) is 0 Å². The topological polar surface area (TPSA) is 72.0 Å².